The minimum Gasteiger partial charge on any atom is -0.123 e. The van der Waals surface area contributed by atoms with Crippen molar-refractivity contribution in [3.8, 4) is 11.8 Å². The van der Waals surface area contributed by atoms with Crippen molar-refractivity contribution in [2.45, 2.75) is 38.0 Å². The molecular formula is C9H13Cl. The molecule has 0 nitrogen and oxygen atoms in total. The second-order valence-electron chi connectivity index (χ2n) is 2.91. The lowest BCUT2D eigenvalue weighted by molar-refractivity contribution is 0.567. The predicted molar refractivity (Wildman–Crippen MR) is 45.0 cm³/mol. The average molecular weight is 157 g/mol. The molecular weight excluding hydrogens is 144 g/mol. The summed E-state index contributed by atoms with van der Waals surface area (Å²) in [7, 11) is 0. The van der Waals surface area contributed by atoms with Crippen LogP contribution in [0.3, 0.4) is 0 Å². The molecule has 0 spiro atoms. The van der Waals surface area contributed by atoms with Crippen LogP contribution in [-0.2, 0) is 0 Å². The van der Waals surface area contributed by atoms with E-state index in [1.807, 2.05) is 6.92 Å². The van der Waals surface area contributed by atoms with Gasteiger partial charge in [0.25, 0.3) is 0 Å². The Morgan fingerprint density at radius 3 is 2.80 bits per heavy atom. The van der Waals surface area contributed by atoms with E-state index in [4.69, 9.17) is 11.6 Å². The van der Waals surface area contributed by atoms with Gasteiger partial charge < -0.3 is 0 Å². The van der Waals surface area contributed by atoms with Crippen LogP contribution in [0.5, 0.6) is 0 Å². The van der Waals surface area contributed by atoms with Crippen LogP contribution >= 0.6 is 11.6 Å². The first-order valence-electron chi connectivity index (χ1n) is 3.86. The van der Waals surface area contributed by atoms with Crippen LogP contribution in [0.2, 0.25) is 0 Å². The quantitative estimate of drug-likeness (QED) is 0.405. The molecule has 0 aromatic rings. The van der Waals surface area contributed by atoms with Gasteiger partial charge in [-0.1, -0.05) is 0 Å². The van der Waals surface area contributed by atoms with Crippen molar-refractivity contribution in [2.24, 2.45) is 5.92 Å². The summed E-state index contributed by atoms with van der Waals surface area (Å²) in [4.78, 5) is 0. The molecule has 1 heteroatoms. The average Bonchev–Trinajstić information content (AvgIpc) is 2.31. The fourth-order valence-corrected chi connectivity index (χ4v) is 1.82. The Kier molecular flexibility index (Phi) is 3.09. The molecule has 56 valence electrons. The fraction of sp³-hybridized carbons (Fsp3) is 0.778. The Labute approximate surface area is 68.0 Å². The monoisotopic (exact) mass is 156 g/mol. The minimum atomic E-state index is 0.434. The molecule has 1 aliphatic carbocycles. The van der Waals surface area contributed by atoms with Gasteiger partial charge in [-0.2, -0.15) is 0 Å². The summed E-state index contributed by atoms with van der Waals surface area (Å²) in [6, 6.07) is 0. The standard InChI is InChI=1S/C9H13Cl/c1-2-3-4-8-5-6-9(10)7-8/h8-9H,4-7H2,1H3. The van der Waals surface area contributed by atoms with E-state index in [0.29, 0.717) is 5.38 Å². The van der Waals surface area contributed by atoms with Crippen molar-refractivity contribution in [3.63, 3.8) is 0 Å². The maximum atomic E-state index is 5.94. The Morgan fingerprint density at radius 1 is 1.50 bits per heavy atom. The van der Waals surface area contributed by atoms with Crippen molar-refractivity contribution >= 4 is 11.6 Å². The van der Waals surface area contributed by atoms with Crippen LogP contribution in [0.1, 0.15) is 32.6 Å². The van der Waals surface area contributed by atoms with Crippen LogP contribution in [0.4, 0.5) is 0 Å². The predicted octanol–water partition coefficient (Wildman–Crippen LogP) is 2.81. The topological polar surface area (TPSA) is 0 Å². The maximum Gasteiger partial charge on any atom is 0.0339 e. The lowest BCUT2D eigenvalue weighted by Crippen LogP contribution is -1.93. The third kappa shape index (κ3) is 2.23. The summed E-state index contributed by atoms with van der Waals surface area (Å²) >= 11 is 5.94. The summed E-state index contributed by atoms with van der Waals surface area (Å²) < 4.78 is 0. The van der Waals surface area contributed by atoms with E-state index < -0.39 is 0 Å². The lowest BCUT2D eigenvalue weighted by Gasteiger charge is -2.01. The minimum absolute atomic E-state index is 0.434. The Bertz CT molecular complexity index is 152. The number of rotatable bonds is 1. The van der Waals surface area contributed by atoms with Gasteiger partial charge in [0.15, 0.2) is 0 Å². The third-order valence-corrected chi connectivity index (χ3v) is 2.44. The highest BCUT2D eigenvalue weighted by atomic mass is 35.5. The summed E-state index contributed by atoms with van der Waals surface area (Å²) in [5.41, 5.74) is 0. The molecule has 1 aliphatic rings. The van der Waals surface area contributed by atoms with Crippen LogP contribution in [0.25, 0.3) is 0 Å². The number of hydrogen-bond acceptors (Lipinski definition) is 0. The van der Waals surface area contributed by atoms with Crippen LogP contribution in [0.15, 0.2) is 0 Å². The van der Waals surface area contributed by atoms with Crippen molar-refractivity contribution < 1.29 is 0 Å². The van der Waals surface area contributed by atoms with Gasteiger partial charge >= 0.3 is 0 Å². The first kappa shape index (κ1) is 7.95. The summed E-state index contributed by atoms with van der Waals surface area (Å²) in [6.45, 7) is 1.90. The smallest absolute Gasteiger partial charge is 0.0339 e. The molecule has 0 radical (unpaired) electrons. The SMILES string of the molecule is CC#CCC1CCC(Cl)C1. The summed E-state index contributed by atoms with van der Waals surface area (Å²) in [5, 5.41) is 0.434. The van der Waals surface area contributed by atoms with E-state index in [2.05, 4.69) is 11.8 Å². The fourth-order valence-electron chi connectivity index (χ4n) is 1.45. The molecule has 10 heavy (non-hydrogen) atoms. The molecule has 0 aromatic heterocycles. The van der Waals surface area contributed by atoms with Gasteiger partial charge in [0.2, 0.25) is 0 Å². The third-order valence-electron chi connectivity index (χ3n) is 2.04. The summed E-state index contributed by atoms with van der Waals surface area (Å²) in [6.07, 6.45) is 4.70. The van der Waals surface area contributed by atoms with Crippen molar-refractivity contribution in [3.05, 3.63) is 0 Å². The molecule has 0 amide bonds. The second-order valence-corrected chi connectivity index (χ2v) is 3.52. The van der Waals surface area contributed by atoms with E-state index in [9.17, 15) is 0 Å². The van der Waals surface area contributed by atoms with E-state index in [0.717, 1.165) is 12.3 Å². The number of hydrogen-bond donors (Lipinski definition) is 0. The molecule has 1 saturated carbocycles. The van der Waals surface area contributed by atoms with Crippen LogP contribution in [0, 0.1) is 17.8 Å². The highest BCUT2D eigenvalue weighted by Crippen LogP contribution is 2.31. The first-order valence-corrected chi connectivity index (χ1v) is 4.30. The Hall–Kier alpha value is -0.150. The molecule has 0 aromatic carbocycles. The van der Waals surface area contributed by atoms with Gasteiger partial charge in [-0.3, -0.25) is 0 Å². The number of alkyl halides is 1. The Balaban J connectivity index is 2.22. The molecule has 1 fully saturated rings. The van der Waals surface area contributed by atoms with Gasteiger partial charge in [-0.15, -0.1) is 23.4 Å². The molecule has 0 heterocycles. The van der Waals surface area contributed by atoms with Crippen LogP contribution in [-0.4, -0.2) is 5.38 Å². The first-order chi connectivity index (χ1) is 4.83. The second kappa shape index (κ2) is 3.88. The van der Waals surface area contributed by atoms with Crippen molar-refractivity contribution in [1.82, 2.24) is 0 Å². The van der Waals surface area contributed by atoms with Gasteiger partial charge in [0.05, 0.1) is 0 Å². The maximum absolute atomic E-state index is 5.94. The highest BCUT2D eigenvalue weighted by Gasteiger charge is 2.21. The zero-order valence-corrected chi connectivity index (χ0v) is 7.12. The highest BCUT2D eigenvalue weighted by molar-refractivity contribution is 6.20. The molecule has 0 saturated heterocycles. The largest absolute Gasteiger partial charge is 0.123 e. The van der Waals surface area contributed by atoms with E-state index in [1.165, 1.54) is 19.3 Å². The van der Waals surface area contributed by atoms with Gasteiger partial charge in [0, 0.05) is 11.8 Å². The Morgan fingerprint density at radius 2 is 2.30 bits per heavy atom. The molecule has 2 atom stereocenters. The zero-order valence-electron chi connectivity index (χ0n) is 6.36. The summed E-state index contributed by atoms with van der Waals surface area (Å²) in [5.74, 6) is 6.81. The molecule has 0 bridgehead atoms. The van der Waals surface area contributed by atoms with Gasteiger partial charge in [0.1, 0.15) is 0 Å². The van der Waals surface area contributed by atoms with E-state index in [1.54, 1.807) is 0 Å². The van der Waals surface area contributed by atoms with E-state index >= 15 is 0 Å². The van der Waals surface area contributed by atoms with Gasteiger partial charge in [-0.05, 0) is 32.1 Å². The normalized spacial score (nSPS) is 31.4. The van der Waals surface area contributed by atoms with Crippen LogP contribution < -0.4 is 0 Å². The molecule has 1 rings (SSSR count). The zero-order chi connectivity index (χ0) is 7.40. The van der Waals surface area contributed by atoms with Crippen molar-refractivity contribution in [2.75, 3.05) is 0 Å². The van der Waals surface area contributed by atoms with Crippen molar-refractivity contribution in [1.29, 1.82) is 0 Å². The number of halogens is 1. The molecule has 0 N–H and O–H groups in total. The molecule has 2 unspecified atom stereocenters. The molecule has 0 aliphatic heterocycles. The van der Waals surface area contributed by atoms with Gasteiger partial charge in [-0.25, -0.2) is 0 Å². The lowest BCUT2D eigenvalue weighted by atomic mass is 10.1. The van der Waals surface area contributed by atoms with E-state index in [-0.39, 0.29) is 0 Å².